The molecule has 0 aliphatic heterocycles. The van der Waals surface area contributed by atoms with Crippen LogP contribution in [0.15, 0.2) is 47.4 Å². The number of benzene rings is 1. The standard InChI is InChI=1S/C27H26F4N6O3/c1-3-8-37-15-18(25(35-37)39-2)10-22-32-13-19(14-33-22)16-4-5-17(20(28)9-16)11-24(38)34-23-12-21(40-36-23)26(6-7-26)27(29,30)31/h4-5,9,12-15H,3,6-8,10-11H2,1-2H3,(H,34,36,38). The number of nitrogens with one attached hydrogen (secondary N) is 1. The van der Waals surface area contributed by atoms with Gasteiger partial charge in [-0.2, -0.15) is 13.2 Å². The van der Waals surface area contributed by atoms with Crippen LogP contribution in [0.3, 0.4) is 0 Å². The number of carbonyl (C=O) groups is 1. The van der Waals surface area contributed by atoms with Gasteiger partial charge in [-0.05, 0) is 36.5 Å². The zero-order valence-electron chi connectivity index (χ0n) is 21.8. The summed E-state index contributed by atoms with van der Waals surface area (Å²) in [4.78, 5) is 21.2. The van der Waals surface area contributed by atoms with Gasteiger partial charge in [-0.3, -0.25) is 9.48 Å². The minimum atomic E-state index is -4.46. The van der Waals surface area contributed by atoms with Crippen molar-refractivity contribution < 1.29 is 31.6 Å². The van der Waals surface area contributed by atoms with Gasteiger partial charge in [-0.1, -0.05) is 24.2 Å². The van der Waals surface area contributed by atoms with Crippen molar-refractivity contribution in [3.8, 4) is 17.0 Å². The van der Waals surface area contributed by atoms with Crippen LogP contribution in [0.5, 0.6) is 5.88 Å². The van der Waals surface area contributed by atoms with Crippen LogP contribution >= 0.6 is 0 Å². The molecule has 0 spiro atoms. The fourth-order valence-electron chi connectivity index (χ4n) is 4.43. The van der Waals surface area contributed by atoms with E-state index in [2.05, 4.69) is 32.5 Å². The maximum Gasteiger partial charge on any atom is 0.401 e. The van der Waals surface area contributed by atoms with Crippen molar-refractivity contribution in [1.29, 1.82) is 0 Å². The second kappa shape index (κ2) is 10.7. The molecule has 1 N–H and O–H groups in total. The molecule has 4 aromatic rings. The van der Waals surface area contributed by atoms with Gasteiger partial charge in [-0.25, -0.2) is 14.4 Å². The molecule has 3 aromatic heterocycles. The summed E-state index contributed by atoms with van der Waals surface area (Å²) in [6.45, 7) is 2.82. The van der Waals surface area contributed by atoms with Gasteiger partial charge in [-0.15, -0.1) is 5.10 Å². The fourth-order valence-corrected chi connectivity index (χ4v) is 4.43. The van der Waals surface area contributed by atoms with E-state index in [1.54, 1.807) is 25.6 Å². The Labute approximate surface area is 226 Å². The van der Waals surface area contributed by atoms with E-state index in [0.29, 0.717) is 29.3 Å². The Bertz CT molecular complexity index is 1510. The van der Waals surface area contributed by atoms with Gasteiger partial charge in [0.1, 0.15) is 17.1 Å². The number of rotatable bonds is 10. The molecule has 1 aliphatic carbocycles. The number of hydrogen-bond acceptors (Lipinski definition) is 7. The first kappa shape index (κ1) is 27.3. The van der Waals surface area contributed by atoms with E-state index < -0.39 is 23.3 Å². The first-order valence-corrected chi connectivity index (χ1v) is 12.7. The third-order valence-electron chi connectivity index (χ3n) is 6.78. The number of ether oxygens (including phenoxy) is 1. The number of hydrogen-bond donors (Lipinski definition) is 1. The minimum absolute atomic E-state index is 0.0934. The normalized spacial score (nSPS) is 14.2. The molecule has 0 radical (unpaired) electrons. The predicted octanol–water partition coefficient (Wildman–Crippen LogP) is 5.25. The van der Waals surface area contributed by atoms with E-state index in [1.165, 1.54) is 12.1 Å². The molecular formula is C27H26F4N6O3. The number of aromatic nitrogens is 5. The van der Waals surface area contributed by atoms with E-state index in [0.717, 1.165) is 24.6 Å². The summed E-state index contributed by atoms with van der Waals surface area (Å²) in [5.74, 6) is -0.705. The van der Waals surface area contributed by atoms with Crippen LogP contribution in [-0.4, -0.2) is 44.1 Å². The van der Waals surface area contributed by atoms with Crippen LogP contribution in [0.2, 0.25) is 0 Å². The maximum atomic E-state index is 14.8. The Hall–Kier alpha value is -4.29. The van der Waals surface area contributed by atoms with Crippen molar-refractivity contribution in [2.75, 3.05) is 12.4 Å². The summed E-state index contributed by atoms with van der Waals surface area (Å²) in [6.07, 6.45) is 1.43. The highest BCUT2D eigenvalue weighted by atomic mass is 19.4. The van der Waals surface area contributed by atoms with E-state index in [-0.39, 0.29) is 36.4 Å². The van der Waals surface area contributed by atoms with Crippen LogP contribution in [0.4, 0.5) is 23.4 Å². The van der Waals surface area contributed by atoms with Crippen LogP contribution in [0.1, 0.15) is 48.9 Å². The largest absolute Gasteiger partial charge is 0.480 e. The van der Waals surface area contributed by atoms with Crippen molar-refractivity contribution in [3.05, 3.63) is 71.4 Å². The smallest absolute Gasteiger partial charge is 0.401 e. The summed E-state index contributed by atoms with van der Waals surface area (Å²) < 4.78 is 66.7. The average molecular weight is 559 g/mol. The lowest BCUT2D eigenvalue weighted by Crippen LogP contribution is -2.28. The van der Waals surface area contributed by atoms with Gasteiger partial charge < -0.3 is 14.6 Å². The SMILES string of the molecule is CCCn1cc(Cc2ncc(-c3ccc(CC(=O)Nc4cc(C5(C(F)(F)F)CC5)on4)c(F)c3)cn2)c(OC)n1. The molecule has 1 aromatic carbocycles. The lowest BCUT2D eigenvalue weighted by Gasteiger charge is -2.14. The number of alkyl halides is 3. The first-order valence-electron chi connectivity index (χ1n) is 12.7. The molecule has 0 unspecified atom stereocenters. The monoisotopic (exact) mass is 558 g/mol. The Balaban J connectivity index is 1.21. The molecule has 9 nitrogen and oxygen atoms in total. The predicted molar refractivity (Wildman–Crippen MR) is 135 cm³/mol. The van der Waals surface area contributed by atoms with Gasteiger partial charge in [0.2, 0.25) is 11.8 Å². The molecule has 40 heavy (non-hydrogen) atoms. The van der Waals surface area contributed by atoms with Crippen LogP contribution in [0, 0.1) is 5.82 Å². The quantitative estimate of drug-likeness (QED) is 0.265. The van der Waals surface area contributed by atoms with Gasteiger partial charge in [0.25, 0.3) is 0 Å². The highest BCUT2D eigenvalue weighted by Crippen LogP contribution is 2.59. The second-order valence-electron chi connectivity index (χ2n) is 9.68. The van der Waals surface area contributed by atoms with Gasteiger partial charge >= 0.3 is 6.18 Å². The molecule has 0 bridgehead atoms. The van der Waals surface area contributed by atoms with Crippen molar-refractivity contribution in [2.45, 2.75) is 57.2 Å². The molecule has 0 saturated heterocycles. The van der Waals surface area contributed by atoms with Gasteiger partial charge in [0.15, 0.2) is 11.6 Å². The number of halogens is 4. The highest BCUT2D eigenvalue weighted by Gasteiger charge is 2.66. The summed E-state index contributed by atoms with van der Waals surface area (Å²) in [6, 6.07) is 5.43. The van der Waals surface area contributed by atoms with Crippen LogP contribution in [-0.2, 0) is 29.6 Å². The van der Waals surface area contributed by atoms with E-state index in [1.807, 2.05) is 10.9 Å². The molecule has 210 valence electrons. The Kier molecular flexibility index (Phi) is 7.30. The summed E-state index contributed by atoms with van der Waals surface area (Å²) in [7, 11) is 1.56. The van der Waals surface area contributed by atoms with Crippen molar-refractivity contribution in [2.24, 2.45) is 0 Å². The highest BCUT2D eigenvalue weighted by molar-refractivity contribution is 5.91. The number of nitrogens with zero attached hydrogens (tertiary/aromatic N) is 5. The molecule has 1 fully saturated rings. The molecule has 0 atom stereocenters. The summed E-state index contributed by atoms with van der Waals surface area (Å²) in [5.41, 5.74) is 0.0161. The molecule has 1 aliphatic rings. The molecule has 3 heterocycles. The Morgan fingerprint density at radius 1 is 1.15 bits per heavy atom. The summed E-state index contributed by atoms with van der Waals surface area (Å²) in [5, 5.41) is 10.3. The van der Waals surface area contributed by atoms with Gasteiger partial charge in [0.05, 0.1) is 13.5 Å². The number of aryl methyl sites for hydroxylation is 1. The minimum Gasteiger partial charge on any atom is -0.480 e. The van der Waals surface area contributed by atoms with Crippen LogP contribution in [0.25, 0.3) is 11.1 Å². The average Bonchev–Trinajstić information content (AvgIpc) is 3.48. The lowest BCUT2D eigenvalue weighted by molar-refractivity contribution is -0.165. The molecule has 1 saturated carbocycles. The van der Waals surface area contributed by atoms with E-state index >= 15 is 0 Å². The summed E-state index contributed by atoms with van der Waals surface area (Å²) >= 11 is 0. The number of anilines is 1. The van der Waals surface area contributed by atoms with E-state index in [9.17, 15) is 22.4 Å². The first-order chi connectivity index (χ1) is 19.1. The topological polar surface area (TPSA) is 108 Å². The molecular weight excluding hydrogens is 532 g/mol. The van der Waals surface area contributed by atoms with Crippen molar-refractivity contribution in [3.63, 3.8) is 0 Å². The van der Waals surface area contributed by atoms with Crippen molar-refractivity contribution >= 4 is 11.7 Å². The van der Waals surface area contributed by atoms with E-state index in [4.69, 9.17) is 9.26 Å². The molecule has 1 amide bonds. The third kappa shape index (κ3) is 5.54. The zero-order valence-corrected chi connectivity index (χ0v) is 21.8. The number of methoxy groups -OCH3 is 1. The maximum absolute atomic E-state index is 14.8. The van der Waals surface area contributed by atoms with Crippen LogP contribution < -0.4 is 10.1 Å². The Morgan fingerprint density at radius 2 is 1.90 bits per heavy atom. The number of amides is 1. The molecule has 13 heteroatoms. The molecule has 5 rings (SSSR count). The van der Waals surface area contributed by atoms with Gasteiger partial charge in [0, 0.05) is 48.7 Å². The second-order valence-corrected chi connectivity index (χ2v) is 9.68. The Morgan fingerprint density at radius 3 is 2.52 bits per heavy atom. The lowest BCUT2D eigenvalue weighted by atomic mass is 10.0. The van der Waals surface area contributed by atoms with Crippen molar-refractivity contribution in [1.82, 2.24) is 24.9 Å². The fraction of sp³-hybridized carbons (Fsp3) is 0.370. The zero-order chi connectivity index (χ0) is 28.5. The number of carbonyl (C=O) groups excluding carboxylic acids is 1. The third-order valence-corrected chi connectivity index (χ3v) is 6.78.